The van der Waals surface area contributed by atoms with Crippen LogP contribution in [0.25, 0.3) is 0 Å². The van der Waals surface area contributed by atoms with Gasteiger partial charge in [0.2, 0.25) is 0 Å². The van der Waals surface area contributed by atoms with E-state index in [0.717, 1.165) is 24.3 Å². The van der Waals surface area contributed by atoms with E-state index in [-0.39, 0.29) is 5.54 Å². The van der Waals surface area contributed by atoms with Crippen molar-refractivity contribution < 1.29 is 0 Å². The Morgan fingerprint density at radius 1 is 1.18 bits per heavy atom. The van der Waals surface area contributed by atoms with Crippen LogP contribution in [-0.2, 0) is 0 Å². The summed E-state index contributed by atoms with van der Waals surface area (Å²) >= 11 is 0. The van der Waals surface area contributed by atoms with Gasteiger partial charge in [0.15, 0.2) is 0 Å². The van der Waals surface area contributed by atoms with Gasteiger partial charge in [-0.2, -0.15) is 0 Å². The monoisotopic (exact) mass is 238 g/mol. The second kappa shape index (κ2) is 5.71. The standard InChI is InChI=1S/C15H30N2/c1-12(2)14-5-8-15(11-16,9-6-14)17-10-7-13-3-4-13/h12-14,17H,3-11,16H2,1-2H3. The van der Waals surface area contributed by atoms with Gasteiger partial charge in [0.1, 0.15) is 0 Å². The zero-order valence-electron chi connectivity index (χ0n) is 11.7. The zero-order chi connectivity index (χ0) is 12.3. The summed E-state index contributed by atoms with van der Waals surface area (Å²) in [4.78, 5) is 0. The van der Waals surface area contributed by atoms with Crippen LogP contribution < -0.4 is 11.1 Å². The van der Waals surface area contributed by atoms with Gasteiger partial charge in [-0.05, 0) is 56.4 Å². The Kier molecular flexibility index (Phi) is 4.48. The summed E-state index contributed by atoms with van der Waals surface area (Å²) in [5.41, 5.74) is 6.31. The maximum atomic E-state index is 6.03. The van der Waals surface area contributed by atoms with Gasteiger partial charge in [-0.15, -0.1) is 0 Å². The minimum atomic E-state index is 0.278. The summed E-state index contributed by atoms with van der Waals surface area (Å²) in [6, 6.07) is 0. The first-order valence-corrected chi connectivity index (χ1v) is 7.60. The first-order valence-electron chi connectivity index (χ1n) is 7.60. The molecule has 2 rings (SSSR count). The topological polar surface area (TPSA) is 38.0 Å². The molecule has 0 atom stereocenters. The van der Waals surface area contributed by atoms with Crippen molar-refractivity contribution in [1.29, 1.82) is 0 Å². The van der Waals surface area contributed by atoms with E-state index in [1.54, 1.807) is 0 Å². The molecule has 0 bridgehead atoms. The molecule has 0 spiro atoms. The number of nitrogens with one attached hydrogen (secondary N) is 1. The van der Waals surface area contributed by atoms with Gasteiger partial charge in [-0.1, -0.05) is 26.7 Å². The van der Waals surface area contributed by atoms with E-state index in [9.17, 15) is 0 Å². The van der Waals surface area contributed by atoms with Crippen LogP contribution in [0.1, 0.15) is 58.8 Å². The lowest BCUT2D eigenvalue weighted by Gasteiger charge is -2.41. The molecule has 2 saturated carbocycles. The van der Waals surface area contributed by atoms with E-state index in [0.29, 0.717) is 0 Å². The van der Waals surface area contributed by atoms with Crippen LogP contribution in [0.4, 0.5) is 0 Å². The van der Waals surface area contributed by atoms with E-state index in [1.165, 1.54) is 51.5 Å². The molecule has 0 aromatic carbocycles. The van der Waals surface area contributed by atoms with Crippen molar-refractivity contribution in [3.8, 4) is 0 Å². The van der Waals surface area contributed by atoms with Gasteiger partial charge < -0.3 is 11.1 Å². The van der Waals surface area contributed by atoms with Crippen molar-refractivity contribution >= 4 is 0 Å². The van der Waals surface area contributed by atoms with Crippen LogP contribution >= 0.6 is 0 Å². The lowest BCUT2D eigenvalue weighted by molar-refractivity contribution is 0.165. The molecule has 100 valence electrons. The van der Waals surface area contributed by atoms with Crippen molar-refractivity contribution in [2.45, 2.75) is 64.3 Å². The van der Waals surface area contributed by atoms with Gasteiger partial charge in [0, 0.05) is 12.1 Å². The summed E-state index contributed by atoms with van der Waals surface area (Å²) < 4.78 is 0. The molecule has 2 nitrogen and oxygen atoms in total. The van der Waals surface area contributed by atoms with E-state index < -0.39 is 0 Å². The quantitative estimate of drug-likeness (QED) is 0.746. The fourth-order valence-electron chi connectivity index (χ4n) is 3.26. The Balaban J connectivity index is 1.75. The maximum Gasteiger partial charge on any atom is 0.0304 e. The summed E-state index contributed by atoms with van der Waals surface area (Å²) in [5, 5.41) is 3.79. The molecule has 0 aromatic rings. The molecule has 0 aromatic heterocycles. The first kappa shape index (κ1) is 13.4. The molecule has 2 aliphatic rings. The fourth-order valence-corrected chi connectivity index (χ4v) is 3.26. The summed E-state index contributed by atoms with van der Waals surface area (Å²) in [6.45, 7) is 6.73. The van der Waals surface area contributed by atoms with E-state index in [4.69, 9.17) is 5.73 Å². The predicted molar refractivity (Wildman–Crippen MR) is 73.9 cm³/mol. The molecule has 2 fully saturated rings. The Hall–Kier alpha value is -0.0800. The number of hydrogen-bond acceptors (Lipinski definition) is 2. The van der Waals surface area contributed by atoms with Crippen LogP contribution in [0.15, 0.2) is 0 Å². The Labute approximate surface area is 107 Å². The minimum absolute atomic E-state index is 0.278. The van der Waals surface area contributed by atoms with Crippen molar-refractivity contribution in [2.75, 3.05) is 13.1 Å². The average Bonchev–Trinajstić information content (AvgIpc) is 3.14. The van der Waals surface area contributed by atoms with Crippen molar-refractivity contribution in [3.05, 3.63) is 0 Å². The molecule has 2 aliphatic carbocycles. The highest BCUT2D eigenvalue weighted by Crippen LogP contribution is 2.36. The Bertz CT molecular complexity index is 220. The number of rotatable bonds is 6. The van der Waals surface area contributed by atoms with Crippen LogP contribution in [0, 0.1) is 17.8 Å². The molecule has 0 heterocycles. The molecule has 0 aliphatic heterocycles. The molecule has 0 amide bonds. The number of nitrogens with two attached hydrogens (primary N) is 1. The summed E-state index contributed by atoms with van der Waals surface area (Å²) in [7, 11) is 0. The number of hydrogen-bond donors (Lipinski definition) is 2. The van der Waals surface area contributed by atoms with Crippen LogP contribution in [0.2, 0.25) is 0 Å². The van der Waals surface area contributed by atoms with Gasteiger partial charge in [-0.25, -0.2) is 0 Å². The van der Waals surface area contributed by atoms with Crippen molar-refractivity contribution in [2.24, 2.45) is 23.5 Å². The molecule has 3 N–H and O–H groups in total. The summed E-state index contributed by atoms with van der Waals surface area (Å²) in [5.74, 6) is 2.81. The highest BCUT2D eigenvalue weighted by Gasteiger charge is 2.34. The third-order valence-corrected chi connectivity index (χ3v) is 5.07. The van der Waals surface area contributed by atoms with Gasteiger partial charge in [-0.3, -0.25) is 0 Å². The third-order valence-electron chi connectivity index (χ3n) is 5.07. The molecule has 0 saturated heterocycles. The normalized spacial score (nSPS) is 34.2. The second-order valence-electron chi connectivity index (χ2n) is 6.72. The van der Waals surface area contributed by atoms with E-state index in [2.05, 4.69) is 19.2 Å². The third kappa shape index (κ3) is 3.69. The van der Waals surface area contributed by atoms with Crippen LogP contribution in [0.5, 0.6) is 0 Å². The lowest BCUT2D eigenvalue weighted by Crippen LogP contribution is -2.54. The Morgan fingerprint density at radius 3 is 2.29 bits per heavy atom. The highest BCUT2D eigenvalue weighted by molar-refractivity contribution is 4.94. The molecule has 0 radical (unpaired) electrons. The van der Waals surface area contributed by atoms with Crippen LogP contribution in [0.3, 0.4) is 0 Å². The fraction of sp³-hybridized carbons (Fsp3) is 1.00. The molecular weight excluding hydrogens is 208 g/mol. The first-order chi connectivity index (χ1) is 8.15. The SMILES string of the molecule is CC(C)C1CCC(CN)(NCCC2CC2)CC1. The average molecular weight is 238 g/mol. The maximum absolute atomic E-state index is 6.03. The second-order valence-corrected chi connectivity index (χ2v) is 6.72. The smallest absolute Gasteiger partial charge is 0.0304 e. The largest absolute Gasteiger partial charge is 0.329 e. The molecule has 17 heavy (non-hydrogen) atoms. The van der Waals surface area contributed by atoms with Crippen molar-refractivity contribution in [3.63, 3.8) is 0 Å². The molecule has 0 unspecified atom stereocenters. The zero-order valence-corrected chi connectivity index (χ0v) is 11.7. The Morgan fingerprint density at radius 2 is 1.82 bits per heavy atom. The van der Waals surface area contributed by atoms with Gasteiger partial charge >= 0.3 is 0 Å². The molecular formula is C15H30N2. The van der Waals surface area contributed by atoms with Gasteiger partial charge in [0.05, 0.1) is 0 Å². The van der Waals surface area contributed by atoms with E-state index >= 15 is 0 Å². The summed E-state index contributed by atoms with van der Waals surface area (Å²) in [6.07, 6.45) is 9.61. The van der Waals surface area contributed by atoms with E-state index in [1.807, 2.05) is 0 Å². The van der Waals surface area contributed by atoms with Crippen molar-refractivity contribution in [1.82, 2.24) is 5.32 Å². The van der Waals surface area contributed by atoms with Gasteiger partial charge in [0.25, 0.3) is 0 Å². The predicted octanol–water partition coefficient (Wildman–Crippen LogP) is 2.92. The van der Waals surface area contributed by atoms with Crippen LogP contribution in [-0.4, -0.2) is 18.6 Å². The highest BCUT2D eigenvalue weighted by atomic mass is 15.0. The minimum Gasteiger partial charge on any atom is -0.329 e. The molecule has 2 heteroatoms. The lowest BCUT2D eigenvalue weighted by atomic mass is 9.73.